The number of nitrogens with one attached hydrogen (secondary N) is 1. The third-order valence-corrected chi connectivity index (χ3v) is 2.29. The van der Waals surface area contributed by atoms with E-state index in [0.29, 0.717) is 17.7 Å². The van der Waals surface area contributed by atoms with Gasteiger partial charge in [0.1, 0.15) is 0 Å². The maximum atomic E-state index is 12.3. The minimum Gasteiger partial charge on any atom is -0.355 e. The molecule has 1 atom stereocenters. The predicted molar refractivity (Wildman–Crippen MR) is 44.5 cm³/mol. The molecular weight excluding hydrogens is 197 g/mol. The van der Waals surface area contributed by atoms with E-state index in [1.54, 1.807) is 0 Å². The van der Waals surface area contributed by atoms with E-state index in [-0.39, 0.29) is 19.0 Å². The summed E-state index contributed by atoms with van der Waals surface area (Å²) in [5.41, 5.74) is 0. The molecule has 1 amide bonds. The first-order chi connectivity index (χ1) is 6.41. The Morgan fingerprint density at radius 3 is 2.71 bits per heavy atom. The van der Waals surface area contributed by atoms with E-state index in [9.17, 15) is 18.0 Å². The number of amides is 1. The summed E-state index contributed by atoms with van der Waals surface area (Å²) in [6.07, 6.45) is -3.26. The first-order valence-corrected chi connectivity index (χ1v) is 4.49. The zero-order valence-electron chi connectivity index (χ0n) is 7.90. The van der Waals surface area contributed by atoms with E-state index in [1.165, 1.54) is 6.92 Å². The van der Waals surface area contributed by atoms with Gasteiger partial charge in [0, 0.05) is 26.1 Å². The summed E-state index contributed by atoms with van der Waals surface area (Å²) >= 11 is 0. The van der Waals surface area contributed by atoms with E-state index in [1.807, 2.05) is 0 Å². The number of rotatable bonds is 2. The minimum absolute atomic E-state index is 0.0355. The molecule has 0 saturated carbocycles. The third-order valence-electron chi connectivity index (χ3n) is 2.29. The molecule has 1 saturated heterocycles. The van der Waals surface area contributed by atoms with Crippen LogP contribution in [0.2, 0.25) is 0 Å². The van der Waals surface area contributed by atoms with Crippen LogP contribution in [-0.4, -0.2) is 36.2 Å². The molecule has 1 aliphatic rings. The maximum absolute atomic E-state index is 12.3. The predicted octanol–water partition coefficient (Wildman–Crippen LogP) is 1.11. The molecular formula is C8H13F3N2O. The maximum Gasteiger partial charge on any atom is 0.460 e. The topological polar surface area (TPSA) is 32.3 Å². The molecule has 1 heterocycles. The van der Waals surface area contributed by atoms with Crippen LogP contribution in [0.15, 0.2) is 0 Å². The number of alkyl halides is 3. The van der Waals surface area contributed by atoms with Gasteiger partial charge in [0.15, 0.2) is 0 Å². The first kappa shape index (κ1) is 11.3. The largest absolute Gasteiger partial charge is 0.460 e. The number of halogens is 3. The van der Waals surface area contributed by atoms with Gasteiger partial charge in [-0.25, -0.2) is 4.90 Å². The molecule has 6 heteroatoms. The fourth-order valence-corrected chi connectivity index (χ4v) is 1.64. The van der Waals surface area contributed by atoms with E-state index >= 15 is 0 Å². The van der Waals surface area contributed by atoms with Crippen LogP contribution in [0.5, 0.6) is 0 Å². The average Bonchev–Trinajstić information content (AvgIpc) is 2.46. The first-order valence-electron chi connectivity index (χ1n) is 4.49. The Hall–Kier alpha value is -0.780. The molecule has 0 unspecified atom stereocenters. The Kier molecular flexibility index (Phi) is 3.36. The van der Waals surface area contributed by atoms with Gasteiger partial charge in [0.2, 0.25) is 5.91 Å². The number of carbonyl (C=O) groups is 1. The normalized spacial score (nSPS) is 23.9. The lowest BCUT2D eigenvalue weighted by molar-refractivity contribution is -0.249. The SMILES string of the molecule is CC(=O)NC[C@@H]1CCCN1C(F)(F)F. The molecule has 0 aromatic heterocycles. The molecule has 0 aliphatic carbocycles. The van der Waals surface area contributed by atoms with Crippen LogP contribution in [0, 0.1) is 0 Å². The van der Waals surface area contributed by atoms with Crippen molar-refractivity contribution in [2.75, 3.05) is 13.1 Å². The molecule has 0 aromatic rings. The third kappa shape index (κ3) is 2.87. The number of hydrogen-bond donors (Lipinski definition) is 1. The molecule has 0 bridgehead atoms. The van der Waals surface area contributed by atoms with Crippen molar-refractivity contribution < 1.29 is 18.0 Å². The van der Waals surface area contributed by atoms with Crippen molar-refractivity contribution in [1.29, 1.82) is 0 Å². The fraction of sp³-hybridized carbons (Fsp3) is 0.875. The summed E-state index contributed by atoms with van der Waals surface area (Å²) in [6.45, 7) is 1.41. The lowest BCUT2D eigenvalue weighted by Crippen LogP contribution is -2.46. The van der Waals surface area contributed by atoms with Gasteiger partial charge in [-0.1, -0.05) is 0 Å². The van der Waals surface area contributed by atoms with Gasteiger partial charge < -0.3 is 5.32 Å². The quantitative estimate of drug-likeness (QED) is 0.692. The molecule has 1 aliphatic heterocycles. The second-order valence-electron chi connectivity index (χ2n) is 3.39. The number of hydrogen-bond acceptors (Lipinski definition) is 2. The lowest BCUT2D eigenvalue weighted by Gasteiger charge is -2.26. The molecule has 1 fully saturated rings. The van der Waals surface area contributed by atoms with Crippen molar-refractivity contribution in [3.8, 4) is 0 Å². The number of nitrogens with zero attached hydrogens (tertiary/aromatic N) is 1. The molecule has 82 valence electrons. The average molecular weight is 210 g/mol. The Labute approximate surface area is 80.3 Å². The smallest absolute Gasteiger partial charge is 0.355 e. The van der Waals surface area contributed by atoms with Crippen molar-refractivity contribution >= 4 is 5.91 Å². The highest BCUT2D eigenvalue weighted by molar-refractivity contribution is 5.72. The van der Waals surface area contributed by atoms with E-state index in [4.69, 9.17) is 0 Å². The summed E-state index contributed by atoms with van der Waals surface area (Å²) in [5, 5.41) is 2.41. The van der Waals surface area contributed by atoms with Crippen LogP contribution in [0.25, 0.3) is 0 Å². The van der Waals surface area contributed by atoms with E-state index < -0.39 is 12.3 Å². The van der Waals surface area contributed by atoms with Crippen molar-refractivity contribution in [1.82, 2.24) is 10.2 Å². The van der Waals surface area contributed by atoms with Crippen molar-refractivity contribution in [2.24, 2.45) is 0 Å². The molecule has 14 heavy (non-hydrogen) atoms. The van der Waals surface area contributed by atoms with Crippen LogP contribution in [0.3, 0.4) is 0 Å². The fourth-order valence-electron chi connectivity index (χ4n) is 1.64. The Bertz CT molecular complexity index is 217. The summed E-state index contributed by atoms with van der Waals surface area (Å²) in [5.74, 6) is -0.293. The van der Waals surface area contributed by atoms with Crippen LogP contribution < -0.4 is 5.32 Å². The van der Waals surface area contributed by atoms with E-state index in [2.05, 4.69) is 5.32 Å². The number of likely N-dealkylation sites (tertiary alicyclic amines) is 1. The molecule has 1 rings (SSSR count). The van der Waals surface area contributed by atoms with Crippen molar-refractivity contribution in [3.05, 3.63) is 0 Å². The van der Waals surface area contributed by atoms with Gasteiger partial charge in [-0.2, -0.15) is 13.2 Å². The highest BCUT2D eigenvalue weighted by Crippen LogP contribution is 2.30. The van der Waals surface area contributed by atoms with Gasteiger partial charge in [-0.15, -0.1) is 0 Å². The molecule has 0 radical (unpaired) electrons. The second kappa shape index (κ2) is 4.16. The van der Waals surface area contributed by atoms with Crippen LogP contribution in [0.1, 0.15) is 19.8 Å². The molecule has 1 N–H and O–H groups in total. The summed E-state index contributed by atoms with van der Waals surface area (Å²) in [6, 6.07) is -0.598. The Morgan fingerprint density at radius 2 is 2.21 bits per heavy atom. The lowest BCUT2D eigenvalue weighted by atomic mass is 10.2. The molecule has 3 nitrogen and oxygen atoms in total. The highest BCUT2D eigenvalue weighted by atomic mass is 19.4. The minimum atomic E-state index is -4.28. The molecule has 0 spiro atoms. The Balaban J connectivity index is 2.47. The van der Waals surface area contributed by atoms with Crippen LogP contribution in [0.4, 0.5) is 13.2 Å². The van der Waals surface area contributed by atoms with Crippen LogP contribution >= 0.6 is 0 Å². The zero-order chi connectivity index (χ0) is 10.8. The second-order valence-corrected chi connectivity index (χ2v) is 3.39. The van der Waals surface area contributed by atoms with Gasteiger partial charge in [0.05, 0.1) is 0 Å². The standard InChI is InChI=1S/C8H13F3N2O/c1-6(14)12-5-7-3-2-4-13(7)8(9,10)11/h7H,2-5H2,1H3,(H,12,14)/t7-/m0/s1. The Morgan fingerprint density at radius 1 is 1.57 bits per heavy atom. The van der Waals surface area contributed by atoms with Gasteiger partial charge in [-0.05, 0) is 12.8 Å². The number of carbonyl (C=O) groups excluding carboxylic acids is 1. The van der Waals surface area contributed by atoms with E-state index in [0.717, 1.165) is 0 Å². The summed E-state index contributed by atoms with van der Waals surface area (Å²) < 4.78 is 37.0. The summed E-state index contributed by atoms with van der Waals surface area (Å²) in [7, 11) is 0. The van der Waals surface area contributed by atoms with Crippen molar-refractivity contribution in [3.63, 3.8) is 0 Å². The van der Waals surface area contributed by atoms with Gasteiger partial charge >= 0.3 is 6.30 Å². The van der Waals surface area contributed by atoms with Crippen LogP contribution in [-0.2, 0) is 4.79 Å². The van der Waals surface area contributed by atoms with Crippen molar-refractivity contribution in [2.45, 2.75) is 32.1 Å². The monoisotopic (exact) mass is 210 g/mol. The highest BCUT2D eigenvalue weighted by Gasteiger charge is 2.44. The van der Waals surface area contributed by atoms with Gasteiger partial charge in [0.25, 0.3) is 0 Å². The molecule has 0 aromatic carbocycles. The zero-order valence-corrected chi connectivity index (χ0v) is 7.90. The summed E-state index contributed by atoms with van der Waals surface area (Å²) in [4.78, 5) is 11.0. The van der Waals surface area contributed by atoms with Gasteiger partial charge in [-0.3, -0.25) is 4.79 Å².